The SMILES string of the molecule is CCN1CCC(N2C[C@H](n3cc(C(=O)OC)nn3)C[C@H]2C(=O)NC2CCCCCC2)CC1. The zero-order valence-electron chi connectivity index (χ0n) is 19.5. The van der Waals surface area contributed by atoms with E-state index in [4.69, 9.17) is 4.74 Å². The van der Waals surface area contributed by atoms with E-state index in [0.29, 0.717) is 18.5 Å². The summed E-state index contributed by atoms with van der Waals surface area (Å²) in [6.07, 6.45) is 11.6. The fraction of sp³-hybridized carbons (Fsp3) is 0.826. The van der Waals surface area contributed by atoms with Gasteiger partial charge in [0.2, 0.25) is 5.91 Å². The maximum atomic E-state index is 13.5. The number of methoxy groups -OCH3 is 1. The molecule has 3 heterocycles. The Balaban J connectivity index is 1.47. The molecular formula is C23H38N6O3. The fourth-order valence-electron chi connectivity index (χ4n) is 5.63. The number of likely N-dealkylation sites (tertiary alicyclic amines) is 2. The Morgan fingerprint density at radius 1 is 1.09 bits per heavy atom. The van der Waals surface area contributed by atoms with Gasteiger partial charge in [-0.2, -0.15) is 0 Å². The van der Waals surface area contributed by atoms with E-state index in [1.165, 1.54) is 32.8 Å². The van der Waals surface area contributed by atoms with Gasteiger partial charge in [-0.25, -0.2) is 9.48 Å². The number of hydrogen-bond donors (Lipinski definition) is 1. The zero-order valence-corrected chi connectivity index (χ0v) is 19.5. The van der Waals surface area contributed by atoms with Gasteiger partial charge in [-0.1, -0.05) is 37.8 Å². The fourth-order valence-corrected chi connectivity index (χ4v) is 5.63. The number of hydrogen-bond acceptors (Lipinski definition) is 7. The second-order valence-corrected chi connectivity index (χ2v) is 9.54. The molecule has 32 heavy (non-hydrogen) atoms. The minimum Gasteiger partial charge on any atom is -0.464 e. The van der Waals surface area contributed by atoms with Crippen LogP contribution in [0.25, 0.3) is 0 Å². The van der Waals surface area contributed by atoms with E-state index in [0.717, 1.165) is 51.9 Å². The molecule has 4 rings (SSSR count). The standard InChI is InChI=1S/C23H38N6O3/c1-3-27-12-10-18(11-13-27)28-15-19(29-16-20(25-26-29)23(31)32-2)14-21(28)22(30)24-17-8-6-4-5-7-9-17/h16-19,21H,3-15H2,1-2H3,(H,24,30)/t19-,21+/m1/s1. The van der Waals surface area contributed by atoms with Crippen LogP contribution in [0.1, 0.15) is 81.2 Å². The van der Waals surface area contributed by atoms with Gasteiger partial charge in [0.25, 0.3) is 0 Å². The van der Waals surface area contributed by atoms with E-state index < -0.39 is 5.97 Å². The van der Waals surface area contributed by atoms with Gasteiger partial charge in [-0.05, 0) is 51.7 Å². The van der Waals surface area contributed by atoms with Gasteiger partial charge in [0.05, 0.1) is 25.4 Å². The van der Waals surface area contributed by atoms with Crippen LogP contribution in [-0.2, 0) is 9.53 Å². The van der Waals surface area contributed by atoms with Gasteiger partial charge in [0, 0.05) is 18.6 Å². The summed E-state index contributed by atoms with van der Waals surface area (Å²) in [4.78, 5) is 30.2. The minimum atomic E-state index is -0.485. The predicted molar refractivity (Wildman–Crippen MR) is 120 cm³/mol. The number of nitrogens with one attached hydrogen (secondary N) is 1. The average Bonchev–Trinajstić information content (AvgIpc) is 3.41. The summed E-state index contributed by atoms with van der Waals surface area (Å²) in [6, 6.07) is 0.559. The molecule has 2 saturated heterocycles. The highest BCUT2D eigenvalue weighted by atomic mass is 16.5. The summed E-state index contributed by atoms with van der Waals surface area (Å²) in [5, 5.41) is 11.6. The summed E-state index contributed by atoms with van der Waals surface area (Å²) < 4.78 is 6.52. The monoisotopic (exact) mass is 446 g/mol. The summed E-state index contributed by atoms with van der Waals surface area (Å²) >= 11 is 0. The number of ether oxygens (including phenoxy) is 1. The van der Waals surface area contributed by atoms with E-state index in [1.54, 1.807) is 10.9 Å². The largest absolute Gasteiger partial charge is 0.464 e. The molecule has 9 heteroatoms. The molecule has 1 aromatic rings. The molecule has 0 unspecified atom stereocenters. The molecule has 0 spiro atoms. The van der Waals surface area contributed by atoms with Crippen LogP contribution in [0.2, 0.25) is 0 Å². The summed E-state index contributed by atoms with van der Waals surface area (Å²) in [5.74, 6) is -0.327. The first-order valence-electron chi connectivity index (χ1n) is 12.4. The van der Waals surface area contributed by atoms with Crippen molar-refractivity contribution in [3.63, 3.8) is 0 Å². The van der Waals surface area contributed by atoms with Crippen molar-refractivity contribution in [1.82, 2.24) is 30.1 Å². The summed E-state index contributed by atoms with van der Waals surface area (Å²) in [6.45, 7) is 6.20. The first kappa shape index (κ1) is 23.2. The maximum absolute atomic E-state index is 13.5. The third kappa shape index (κ3) is 5.31. The molecule has 2 atom stereocenters. The number of piperidine rings is 1. The second-order valence-electron chi connectivity index (χ2n) is 9.54. The summed E-state index contributed by atoms with van der Waals surface area (Å²) in [7, 11) is 1.34. The van der Waals surface area contributed by atoms with Crippen molar-refractivity contribution >= 4 is 11.9 Å². The van der Waals surface area contributed by atoms with Crippen LogP contribution in [0.5, 0.6) is 0 Å². The predicted octanol–water partition coefficient (Wildman–Crippen LogP) is 2.00. The van der Waals surface area contributed by atoms with E-state index in [9.17, 15) is 9.59 Å². The minimum absolute atomic E-state index is 0.0231. The number of aromatic nitrogens is 3. The molecule has 9 nitrogen and oxygen atoms in total. The first-order chi connectivity index (χ1) is 15.6. The van der Waals surface area contributed by atoms with E-state index in [2.05, 4.69) is 32.4 Å². The van der Waals surface area contributed by atoms with Crippen molar-refractivity contribution in [2.75, 3.05) is 33.3 Å². The molecule has 2 aliphatic heterocycles. The lowest BCUT2D eigenvalue weighted by atomic mass is 10.0. The number of carbonyl (C=O) groups is 2. The van der Waals surface area contributed by atoms with E-state index in [1.807, 2.05) is 0 Å². The van der Waals surface area contributed by atoms with Gasteiger partial charge < -0.3 is 15.0 Å². The Morgan fingerprint density at radius 3 is 2.47 bits per heavy atom. The molecule has 1 N–H and O–H groups in total. The van der Waals surface area contributed by atoms with Gasteiger partial charge in [0.15, 0.2) is 5.69 Å². The van der Waals surface area contributed by atoms with Crippen LogP contribution in [0.3, 0.4) is 0 Å². The van der Waals surface area contributed by atoms with E-state index >= 15 is 0 Å². The third-order valence-electron chi connectivity index (χ3n) is 7.57. The Labute approximate surface area is 190 Å². The second kappa shape index (κ2) is 10.7. The molecule has 1 aliphatic carbocycles. The lowest BCUT2D eigenvalue weighted by Gasteiger charge is -2.38. The van der Waals surface area contributed by atoms with E-state index in [-0.39, 0.29) is 23.7 Å². The van der Waals surface area contributed by atoms with Crippen LogP contribution < -0.4 is 5.32 Å². The molecular weight excluding hydrogens is 408 g/mol. The number of rotatable bonds is 6. The van der Waals surface area contributed by atoms with Crippen LogP contribution in [-0.4, -0.2) is 88.1 Å². The molecule has 0 aromatic carbocycles. The van der Waals surface area contributed by atoms with Crippen LogP contribution >= 0.6 is 0 Å². The highest BCUT2D eigenvalue weighted by Gasteiger charge is 2.42. The lowest BCUT2D eigenvalue weighted by molar-refractivity contribution is -0.127. The molecule has 1 saturated carbocycles. The molecule has 0 radical (unpaired) electrons. The lowest BCUT2D eigenvalue weighted by Crippen LogP contribution is -2.52. The molecule has 178 valence electrons. The number of amides is 1. The van der Waals surface area contributed by atoms with Crippen molar-refractivity contribution in [2.24, 2.45) is 0 Å². The summed E-state index contributed by atoms with van der Waals surface area (Å²) in [5.41, 5.74) is 0.210. The van der Waals surface area contributed by atoms with Crippen molar-refractivity contribution in [2.45, 2.75) is 88.9 Å². The number of nitrogens with zero attached hydrogens (tertiary/aromatic N) is 5. The average molecular weight is 447 g/mol. The first-order valence-corrected chi connectivity index (χ1v) is 12.4. The van der Waals surface area contributed by atoms with Gasteiger partial charge >= 0.3 is 5.97 Å². The van der Waals surface area contributed by atoms with Crippen LogP contribution in [0, 0.1) is 0 Å². The van der Waals surface area contributed by atoms with Crippen molar-refractivity contribution in [3.05, 3.63) is 11.9 Å². The Hall–Kier alpha value is -2.00. The van der Waals surface area contributed by atoms with Gasteiger partial charge in [-0.15, -0.1) is 5.10 Å². The molecule has 3 fully saturated rings. The highest BCUT2D eigenvalue weighted by molar-refractivity contribution is 5.86. The highest BCUT2D eigenvalue weighted by Crippen LogP contribution is 2.32. The van der Waals surface area contributed by atoms with Gasteiger partial charge in [-0.3, -0.25) is 9.69 Å². The van der Waals surface area contributed by atoms with Crippen molar-refractivity contribution in [1.29, 1.82) is 0 Å². The number of esters is 1. The molecule has 0 bridgehead atoms. The topological polar surface area (TPSA) is 92.6 Å². The quantitative estimate of drug-likeness (QED) is 0.528. The Morgan fingerprint density at radius 2 is 1.81 bits per heavy atom. The van der Waals surface area contributed by atoms with Crippen LogP contribution in [0.15, 0.2) is 6.20 Å². The Kier molecular flexibility index (Phi) is 7.78. The van der Waals surface area contributed by atoms with Crippen LogP contribution in [0.4, 0.5) is 0 Å². The maximum Gasteiger partial charge on any atom is 0.360 e. The van der Waals surface area contributed by atoms with Crippen molar-refractivity contribution < 1.29 is 14.3 Å². The van der Waals surface area contributed by atoms with Crippen molar-refractivity contribution in [3.8, 4) is 0 Å². The van der Waals surface area contributed by atoms with Gasteiger partial charge in [0.1, 0.15) is 0 Å². The molecule has 3 aliphatic rings. The zero-order chi connectivity index (χ0) is 22.5. The third-order valence-corrected chi connectivity index (χ3v) is 7.57. The Bertz CT molecular complexity index is 768. The number of carbonyl (C=O) groups excluding carboxylic acids is 2. The molecule has 1 aromatic heterocycles. The smallest absolute Gasteiger partial charge is 0.360 e. The molecule has 1 amide bonds. The normalized spacial score (nSPS) is 26.7.